The number of hydrogen-bond donors (Lipinski definition) is 1. The Hall–Kier alpha value is -3.21. The number of nitrogens with one attached hydrogen (secondary N) is 1. The average Bonchev–Trinajstić information content (AvgIpc) is 2.74. The molecule has 0 spiro atoms. The molecule has 2 aromatic carbocycles. The zero-order valence-corrected chi connectivity index (χ0v) is 16.0. The van der Waals surface area contributed by atoms with Gasteiger partial charge in [0.1, 0.15) is 0 Å². The van der Waals surface area contributed by atoms with Crippen molar-refractivity contribution in [1.82, 2.24) is 14.9 Å². The van der Waals surface area contributed by atoms with Crippen molar-refractivity contribution in [3.63, 3.8) is 0 Å². The van der Waals surface area contributed by atoms with Crippen LogP contribution in [0.2, 0.25) is 0 Å². The minimum atomic E-state index is 0.0949. The van der Waals surface area contributed by atoms with E-state index in [0.717, 1.165) is 36.3 Å². The molecule has 0 radical (unpaired) electrons. The van der Waals surface area contributed by atoms with Gasteiger partial charge in [0.2, 0.25) is 5.95 Å². The highest BCUT2D eigenvalue weighted by Gasteiger charge is 2.26. The van der Waals surface area contributed by atoms with Gasteiger partial charge in [-0.25, -0.2) is 9.97 Å². The zero-order chi connectivity index (χ0) is 19.3. The van der Waals surface area contributed by atoms with Crippen LogP contribution in [0.4, 0.5) is 11.6 Å². The molecule has 2 heterocycles. The summed E-state index contributed by atoms with van der Waals surface area (Å²) in [6.45, 7) is 3.54. The largest absolute Gasteiger partial charge is 0.338 e. The molecule has 28 heavy (non-hydrogen) atoms. The van der Waals surface area contributed by atoms with E-state index in [0.29, 0.717) is 12.5 Å². The van der Waals surface area contributed by atoms with E-state index in [1.807, 2.05) is 53.4 Å². The van der Waals surface area contributed by atoms with E-state index >= 15 is 0 Å². The van der Waals surface area contributed by atoms with E-state index in [9.17, 15) is 4.79 Å². The monoisotopic (exact) mass is 372 g/mol. The topological polar surface area (TPSA) is 58.1 Å². The highest BCUT2D eigenvalue weighted by Crippen LogP contribution is 2.27. The Morgan fingerprint density at radius 1 is 1.11 bits per heavy atom. The number of likely N-dealkylation sites (tertiary alicyclic amines) is 1. The number of benzene rings is 2. The SMILES string of the molecule is Cc1cccc(Nc2nccc(C3CCCN(C(=O)c4ccccc4)C3)n2)c1. The molecule has 1 aromatic heterocycles. The van der Waals surface area contributed by atoms with Crippen molar-refractivity contribution in [2.75, 3.05) is 18.4 Å². The molecule has 1 fully saturated rings. The number of nitrogens with zero attached hydrogens (tertiary/aromatic N) is 3. The summed E-state index contributed by atoms with van der Waals surface area (Å²) in [7, 11) is 0. The number of carbonyl (C=O) groups excluding carboxylic acids is 1. The van der Waals surface area contributed by atoms with Crippen molar-refractivity contribution in [2.45, 2.75) is 25.7 Å². The third kappa shape index (κ3) is 4.19. The van der Waals surface area contributed by atoms with Crippen LogP contribution in [0.15, 0.2) is 66.9 Å². The van der Waals surface area contributed by atoms with Gasteiger partial charge in [0.05, 0.1) is 5.69 Å². The Bertz CT molecular complexity index is 958. The maximum Gasteiger partial charge on any atom is 0.253 e. The van der Waals surface area contributed by atoms with Crippen molar-refractivity contribution in [3.05, 3.63) is 83.7 Å². The lowest BCUT2D eigenvalue weighted by molar-refractivity contribution is 0.0706. The second kappa shape index (κ2) is 8.21. The van der Waals surface area contributed by atoms with Crippen LogP contribution in [0.5, 0.6) is 0 Å². The molecule has 3 aromatic rings. The molecule has 0 aliphatic carbocycles. The zero-order valence-electron chi connectivity index (χ0n) is 16.0. The fourth-order valence-electron chi connectivity index (χ4n) is 3.68. The summed E-state index contributed by atoms with van der Waals surface area (Å²) in [4.78, 5) is 23.8. The van der Waals surface area contributed by atoms with Gasteiger partial charge in [-0.3, -0.25) is 4.79 Å². The number of aryl methyl sites for hydroxylation is 1. The highest BCUT2D eigenvalue weighted by molar-refractivity contribution is 5.94. The third-order valence-electron chi connectivity index (χ3n) is 5.10. The lowest BCUT2D eigenvalue weighted by atomic mass is 9.94. The molecule has 1 atom stereocenters. The van der Waals surface area contributed by atoms with Crippen LogP contribution in [0.3, 0.4) is 0 Å². The Balaban J connectivity index is 1.48. The Morgan fingerprint density at radius 2 is 1.96 bits per heavy atom. The number of aromatic nitrogens is 2. The van der Waals surface area contributed by atoms with Crippen LogP contribution >= 0.6 is 0 Å². The lowest BCUT2D eigenvalue weighted by Crippen LogP contribution is -2.39. The molecule has 1 unspecified atom stereocenters. The van der Waals surface area contributed by atoms with Crippen LogP contribution in [0.25, 0.3) is 0 Å². The first-order valence-corrected chi connectivity index (χ1v) is 9.70. The Morgan fingerprint density at radius 3 is 2.79 bits per heavy atom. The van der Waals surface area contributed by atoms with Crippen LogP contribution in [0, 0.1) is 6.92 Å². The smallest absolute Gasteiger partial charge is 0.253 e. The number of rotatable bonds is 4. The van der Waals surface area contributed by atoms with E-state index in [4.69, 9.17) is 4.98 Å². The molecule has 0 saturated carbocycles. The van der Waals surface area contributed by atoms with E-state index in [2.05, 4.69) is 29.4 Å². The second-order valence-electron chi connectivity index (χ2n) is 7.26. The number of carbonyl (C=O) groups is 1. The van der Waals surface area contributed by atoms with Gasteiger partial charge in [0, 0.05) is 36.5 Å². The molecular formula is C23H24N4O. The van der Waals surface area contributed by atoms with Crippen LogP contribution < -0.4 is 5.32 Å². The summed E-state index contributed by atoms with van der Waals surface area (Å²) in [6.07, 6.45) is 3.80. The summed E-state index contributed by atoms with van der Waals surface area (Å²) in [5.41, 5.74) is 3.88. The Kier molecular flexibility index (Phi) is 5.33. The number of piperidine rings is 1. The van der Waals surface area contributed by atoms with Gasteiger partial charge in [0.15, 0.2) is 0 Å². The molecule has 5 nitrogen and oxygen atoms in total. The predicted molar refractivity (Wildman–Crippen MR) is 111 cm³/mol. The lowest BCUT2D eigenvalue weighted by Gasteiger charge is -2.32. The van der Waals surface area contributed by atoms with Crippen molar-refractivity contribution in [2.24, 2.45) is 0 Å². The molecule has 0 bridgehead atoms. The number of hydrogen-bond acceptors (Lipinski definition) is 4. The molecule has 4 rings (SSSR count). The van der Waals surface area contributed by atoms with Gasteiger partial charge < -0.3 is 10.2 Å². The van der Waals surface area contributed by atoms with E-state index in [-0.39, 0.29) is 11.8 Å². The van der Waals surface area contributed by atoms with E-state index in [1.165, 1.54) is 5.56 Å². The molecule has 1 N–H and O–H groups in total. The van der Waals surface area contributed by atoms with Crippen LogP contribution in [0.1, 0.15) is 40.4 Å². The summed E-state index contributed by atoms with van der Waals surface area (Å²) in [5, 5.41) is 3.28. The van der Waals surface area contributed by atoms with E-state index in [1.54, 1.807) is 6.20 Å². The number of anilines is 2. The van der Waals surface area contributed by atoms with E-state index < -0.39 is 0 Å². The van der Waals surface area contributed by atoms with Gasteiger partial charge in [-0.1, -0.05) is 30.3 Å². The first-order chi connectivity index (χ1) is 13.7. The predicted octanol–water partition coefficient (Wildman–Crippen LogP) is 4.55. The molecule has 5 heteroatoms. The number of amides is 1. The fourth-order valence-corrected chi connectivity index (χ4v) is 3.68. The standard InChI is InChI=1S/C23H24N4O/c1-17-7-5-11-20(15-17)25-23-24-13-12-21(26-23)19-10-6-14-27(16-19)22(28)18-8-3-2-4-9-18/h2-5,7-9,11-13,15,19H,6,10,14,16H2,1H3,(H,24,25,26). The average molecular weight is 372 g/mol. The van der Waals surface area contributed by atoms with Crippen LogP contribution in [-0.4, -0.2) is 33.9 Å². The second-order valence-corrected chi connectivity index (χ2v) is 7.26. The molecule has 1 amide bonds. The molecular weight excluding hydrogens is 348 g/mol. The van der Waals surface area contributed by atoms with Gasteiger partial charge in [0.25, 0.3) is 5.91 Å². The fraction of sp³-hybridized carbons (Fsp3) is 0.261. The van der Waals surface area contributed by atoms with Crippen molar-refractivity contribution >= 4 is 17.5 Å². The summed E-state index contributed by atoms with van der Waals surface area (Å²) >= 11 is 0. The summed E-state index contributed by atoms with van der Waals surface area (Å²) in [5.74, 6) is 0.912. The van der Waals surface area contributed by atoms with Gasteiger partial charge in [-0.05, 0) is 55.7 Å². The van der Waals surface area contributed by atoms with Gasteiger partial charge in [-0.2, -0.15) is 0 Å². The first kappa shape index (κ1) is 18.2. The van der Waals surface area contributed by atoms with Crippen molar-refractivity contribution < 1.29 is 4.79 Å². The molecule has 1 aliphatic rings. The molecule has 1 saturated heterocycles. The van der Waals surface area contributed by atoms with Gasteiger partial charge >= 0.3 is 0 Å². The van der Waals surface area contributed by atoms with Crippen molar-refractivity contribution in [1.29, 1.82) is 0 Å². The minimum Gasteiger partial charge on any atom is -0.338 e. The van der Waals surface area contributed by atoms with Crippen molar-refractivity contribution in [3.8, 4) is 0 Å². The summed E-state index contributed by atoms with van der Waals surface area (Å²) in [6, 6.07) is 19.6. The third-order valence-corrected chi connectivity index (χ3v) is 5.10. The quantitative estimate of drug-likeness (QED) is 0.730. The first-order valence-electron chi connectivity index (χ1n) is 9.70. The maximum absolute atomic E-state index is 12.8. The Labute approximate surface area is 165 Å². The highest BCUT2D eigenvalue weighted by atomic mass is 16.2. The summed E-state index contributed by atoms with van der Waals surface area (Å²) < 4.78 is 0. The van der Waals surface area contributed by atoms with Gasteiger partial charge in [-0.15, -0.1) is 0 Å². The maximum atomic E-state index is 12.8. The molecule has 1 aliphatic heterocycles. The van der Waals surface area contributed by atoms with Crippen LogP contribution in [-0.2, 0) is 0 Å². The normalized spacial score (nSPS) is 16.6. The minimum absolute atomic E-state index is 0.0949. The molecule has 142 valence electrons.